The maximum Gasteiger partial charge on any atom is 0.131 e. The summed E-state index contributed by atoms with van der Waals surface area (Å²) in [7, 11) is 0. The van der Waals surface area contributed by atoms with Crippen LogP contribution in [0, 0.1) is 5.92 Å². The smallest absolute Gasteiger partial charge is 0.131 e. The molecule has 0 aliphatic carbocycles. The van der Waals surface area contributed by atoms with E-state index >= 15 is 0 Å². The van der Waals surface area contributed by atoms with Crippen molar-refractivity contribution in [3.63, 3.8) is 0 Å². The Morgan fingerprint density at radius 2 is 1.94 bits per heavy atom. The van der Waals surface area contributed by atoms with Gasteiger partial charge in [0.2, 0.25) is 0 Å². The van der Waals surface area contributed by atoms with Gasteiger partial charge in [-0.2, -0.15) is 0 Å². The van der Waals surface area contributed by atoms with E-state index in [9.17, 15) is 4.79 Å². The van der Waals surface area contributed by atoms with Gasteiger partial charge in [0.1, 0.15) is 5.78 Å². The van der Waals surface area contributed by atoms with Crippen LogP contribution < -0.4 is 0 Å². The Morgan fingerprint density at radius 1 is 1.24 bits per heavy atom. The standard InChI is InChI=1S/C15H29NO/c1-4-14(5-2)12-16-10-8-6-7-9-15(16)11-13(3)17/h14-15H,4-12H2,1-3H3. The third kappa shape index (κ3) is 5.20. The number of hydrogen-bond donors (Lipinski definition) is 0. The number of carbonyl (C=O) groups excluding carboxylic acids is 1. The van der Waals surface area contributed by atoms with Gasteiger partial charge in [0, 0.05) is 19.0 Å². The van der Waals surface area contributed by atoms with Crippen molar-refractivity contribution in [2.24, 2.45) is 5.92 Å². The first-order valence-corrected chi connectivity index (χ1v) is 7.40. The summed E-state index contributed by atoms with van der Waals surface area (Å²) in [5.41, 5.74) is 0. The van der Waals surface area contributed by atoms with E-state index in [-0.39, 0.29) is 0 Å². The minimum Gasteiger partial charge on any atom is -0.300 e. The van der Waals surface area contributed by atoms with E-state index in [0.29, 0.717) is 11.8 Å². The Kier molecular flexibility index (Phi) is 6.79. The van der Waals surface area contributed by atoms with E-state index in [4.69, 9.17) is 0 Å². The highest BCUT2D eigenvalue weighted by atomic mass is 16.1. The van der Waals surface area contributed by atoms with Crippen LogP contribution in [0.25, 0.3) is 0 Å². The van der Waals surface area contributed by atoms with Crippen molar-refractivity contribution in [1.82, 2.24) is 4.90 Å². The zero-order valence-electron chi connectivity index (χ0n) is 11.9. The molecule has 0 N–H and O–H groups in total. The third-order valence-corrected chi connectivity index (χ3v) is 4.17. The Bertz CT molecular complexity index is 223. The summed E-state index contributed by atoms with van der Waals surface area (Å²) in [4.78, 5) is 14.0. The first-order chi connectivity index (χ1) is 8.17. The van der Waals surface area contributed by atoms with Crippen LogP contribution in [0.3, 0.4) is 0 Å². The van der Waals surface area contributed by atoms with E-state index < -0.39 is 0 Å². The van der Waals surface area contributed by atoms with Gasteiger partial charge in [-0.1, -0.05) is 39.5 Å². The van der Waals surface area contributed by atoms with E-state index in [1.165, 1.54) is 51.6 Å². The van der Waals surface area contributed by atoms with Gasteiger partial charge in [0.25, 0.3) is 0 Å². The molecule has 0 aromatic rings. The van der Waals surface area contributed by atoms with E-state index in [2.05, 4.69) is 18.7 Å². The number of Topliss-reactive ketones (excluding diaryl/α,β-unsaturated/α-hetero) is 1. The first kappa shape index (κ1) is 14.7. The molecular formula is C15H29NO. The SMILES string of the molecule is CCC(CC)CN1CCCCCC1CC(C)=O. The number of ketones is 1. The summed E-state index contributed by atoms with van der Waals surface area (Å²) < 4.78 is 0. The lowest BCUT2D eigenvalue weighted by atomic mass is 9.99. The van der Waals surface area contributed by atoms with Crippen molar-refractivity contribution in [2.45, 2.75) is 71.8 Å². The molecule has 1 saturated heterocycles. The fraction of sp³-hybridized carbons (Fsp3) is 0.933. The van der Waals surface area contributed by atoms with E-state index in [1.54, 1.807) is 6.92 Å². The molecule has 1 rings (SSSR count). The van der Waals surface area contributed by atoms with Gasteiger partial charge in [-0.05, 0) is 32.2 Å². The average Bonchev–Trinajstić information content (AvgIpc) is 2.51. The normalized spacial score (nSPS) is 22.7. The lowest BCUT2D eigenvalue weighted by Crippen LogP contribution is -2.39. The van der Waals surface area contributed by atoms with Crippen LogP contribution >= 0.6 is 0 Å². The summed E-state index contributed by atoms with van der Waals surface area (Å²) in [5.74, 6) is 1.16. The van der Waals surface area contributed by atoms with E-state index in [0.717, 1.165) is 12.3 Å². The third-order valence-electron chi connectivity index (χ3n) is 4.17. The minimum atomic E-state index is 0.353. The van der Waals surface area contributed by atoms with Crippen LogP contribution in [-0.2, 0) is 4.79 Å². The fourth-order valence-electron chi connectivity index (χ4n) is 2.92. The van der Waals surface area contributed by atoms with Gasteiger partial charge < -0.3 is 0 Å². The van der Waals surface area contributed by atoms with Gasteiger partial charge >= 0.3 is 0 Å². The minimum absolute atomic E-state index is 0.353. The lowest BCUT2D eigenvalue weighted by Gasteiger charge is -2.32. The molecule has 100 valence electrons. The van der Waals surface area contributed by atoms with Crippen LogP contribution in [0.4, 0.5) is 0 Å². The predicted molar refractivity (Wildman–Crippen MR) is 73.2 cm³/mol. The second-order valence-electron chi connectivity index (χ2n) is 5.59. The number of likely N-dealkylation sites (tertiary alicyclic amines) is 1. The number of carbonyl (C=O) groups is 1. The molecule has 0 saturated carbocycles. The van der Waals surface area contributed by atoms with Gasteiger partial charge in [0.05, 0.1) is 0 Å². The van der Waals surface area contributed by atoms with Crippen molar-refractivity contribution >= 4 is 5.78 Å². The monoisotopic (exact) mass is 239 g/mol. The largest absolute Gasteiger partial charge is 0.300 e. The van der Waals surface area contributed by atoms with Crippen LogP contribution in [0.15, 0.2) is 0 Å². The molecule has 1 aliphatic heterocycles. The maximum absolute atomic E-state index is 11.4. The number of rotatable bonds is 6. The maximum atomic E-state index is 11.4. The molecule has 2 nitrogen and oxygen atoms in total. The number of hydrogen-bond acceptors (Lipinski definition) is 2. The molecular weight excluding hydrogens is 210 g/mol. The topological polar surface area (TPSA) is 20.3 Å². The zero-order chi connectivity index (χ0) is 12.7. The summed E-state index contributed by atoms with van der Waals surface area (Å²) in [5, 5.41) is 0. The molecule has 1 fully saturated rings. The lowest BCUT2D eigenvalue weighted by molar-refractivity contribution is -0.118. The molecule has 1 unspecified atom stereocenters. The molecule has 0 aromatic heterocycles. The second-order valence-corrected chi connectivity index (χ2v) is 5.59. The Hall–Kier alpha value is -0.370. The summed E-state index contributed by atoms with van der Waals surface area (Å²) in [6, 6.07) is 0.524. The van der Waals surface area contributed by atoms with E-state index in [1.807, 2.05) is 0 Å². The molecule has 0 radical (unpaired) electrons. The first-order valence-electron chi connectivity index (χ1n) is 7.40. The second kappa shape index (κ2) is 7.86. The number of nitrogens with zero attached hydrogens (tertiary/aromatic N) is 1. The molecule has 17 heavy (non-hydrogen) atoms. The summed E-state index contributed by atoms with van der Waals surface area (Å²) in [6.07, 6.45) is 8.47. The molecule has 1 atom stereocenters. The zero-order valence-corrected chi connectivity index (χ0v) is 11.9. The Labute approximate surface area is 107 Å². The summed E-state index contributed by atoms with van der Waals surface area (Å²) in [6.45, 7) is 8.71. The Balaban J connectivity index is 2.57. The van der Waals surface area contributed by atoms with Crippen molar-refractivity contribution in [3.05, 3.63) is 0 Å². The van der Waals surface area contributed by atoms with Crippen LogP contribution in [-0.4, -0.2) is 29.8 Å². The van der Waals surface area contributed by atoms with Crippen molar-refractivity contribution in [1.29, 1.82) is 0 Å². The van der Waals surface area contributed by atoms with Gasteiger partial charge in [0.15, 0.2) is 0 Å². The van der Waals surface area contributed by atoms with Gasteiger partial charge in [-0.25, -0.2) is 0 Å². The van der Waals surface area contributed by atoms with Crippen molar-refractivity contribution in [3.8, 4) is 0 Å². The van der Waals surface area contributed by atoms with Gasteiger partial charge in [-0.15, -0.1) is 0 Å². The van der Waals surface area contributed by atoms with Crippen LogP contribution in [0.2, 0.25) is 0 Å². The fourth-order valence-corrected chi connectivity index (χ4v) is 2.92. The van der Waals surface area contributed by atoms with Gasteiger partial charge in [-0.3, -0.25) is 9.69 Å². The molecule has 0 spiro atoms. The molecule has 0 amide bonds. The quantitative estimate of drug-likeness (QED) is 0.705. The molecule has 2 heteroatoms. The van der Waals surface area contributed by atoms with Crippen LogP contribution in [0.5, 0.6) is 0 Å². The van der Waals surface area contributed by atoms with Crippen molar-refractivity contribution < 1.29 is 4.79 Å². The predicted octanol–water partition coefficient (Wildman–Crippen LogP) is 3.65. The van der Waals surface area contributed by atoms with Crippen LogP contribution in [0.1, 0.15) is 65.7 Å². The molecule has 1 heterocycles. The Morgan fingerprint density at radius 3 is 2.53 bits per heavy atom. The molecule has 0 aromatic carbocycles. The highest BCUT2D eigenvalue weighted by Crippen LogP contribution is 2.22. The molecule has 0 bridgehead atoms. The highest BCUT2D eigenvalue weighted by Gasteiger charge is 2.23. The highest BCUT2D eigenvalue weighted by molar-refractivity contribution is 5.76. The average molecular weight is 239 g/mol. The summed E-state index contributed by atoms with van der Waals surface area (Å²) >= 11 is 0. The van der Waals surface area contributed by atoms with Crippen molar-refractivity contribution in [2.75, 3.05) is 13.1 Å². The molecule has 1 aliphatic rings.